The molecule has 0 aliphatic heterocycles. The van der Waals surface area contributed by atoms with Crippen molar-refractivity contribution >= 4 is 41.3 Å². The molecule has 0 unspecified atom stereocenters. The molecule has 0 fully saturated rings. The summed E-state index contributed by atoms with van der Waals surface area (Å²) in [5.74, 6) is 0.837. The molecule has 1 heterocycles. The summed E-state index contributed by atoms with van der Waals surface area (Å²) in [5.41, 5.74) is 2.51. The molecule has 0 bridgehead atoms. The largest absolute Gasteiger partial charge is 0.356 e. The van der Waals surface area contributed by atoms with Gasteiger partial charge in [0.2, 0.25) is 0 Å². The van der Waals surface area contributed by atoms with Crippen LogP contribution < -0.4 is 10.6 Å². The van der Waals surface area contributed by atoms with E-state index < -0.39 is 0 Å². The number of benzene rings is 1. The Labute approximate surface area is 172 Å². The average Bonchev–Trinajstić information content (AvgIpc) is 2.89. The van der Waals surface area contributed by atoms with Gasteiger partial charge in [-0.05, 0) is 19.4 Å². The number of aliphatic imine (C=N–C) groups is 1. The number of nitrogens with one attached hydrogen (secondary N) is 2. The second kappa shape index (κ2) is 10.1. The number of aryl methyl sites for hydroxylation is 2. The second-order valence-corrected chi connectivity index (χ2v) is 7.89. The molecule has 25 heavy (non-hydrogen) atoms. The lowest BCUT2D eigenvalue weighted by Crippen LogP contribution is -2.44. The maximum atomic E-state index is 4.58. The molecule has 4 nitrogen and oxygen atoms in total. The Hall–Kier alpha value is -1.15. The van der Waals surface area contributed by atoms with Gasteiger partial charge in [-0.2, -0.15) is 0 Å². The maximum Gasteiger partial charge on any atom is 0.191 e. The van der Waals surface area contributed by atoms with Crippen LogP contribution in [0, 0.1) is 13.8 Å². The lowest BCUT2D eigenvalue weighted by atomic mass is 9.85. The van der Waals surface area contributed by atoms with Crippen LogP contribution in [0.15, 0.2) is 35.3 Å². The first kappa shape index (κ1) is 21.9. The van der Waals surface area contributed by atoms with E-state index in [4.69, 9.17) is 0 Å². The van der Waals surface area contributed by atoms with E-state index >= 15 is 0 Å². The fourth-order valence-corrected chi connectivity index (χ4v) is 3.38. The Kier molecular flexibility index (Phi) is 8.85. The SMILES string of the molecule is CN=C(NCCc1nc(C)c(C)s1)NCC(C)(C)c1ccccc1.I. The van der Waals surface area contributed by atoms with E-state index in [2.05, 4.69) is 78.6 Å². The highest BCUT2D eigenvalue weighted by atomic mass is 127. The number of hydrogen-bond donors (Lipinski definition) is 2. The molecule has 0 aliphatic carbocycles. The minimum absolute atomic E-state index is 0. The van der Waals surface area contributed by atoms with Gasteiger partial charge < -0.3 is 10.6 Å². The van der Waals surface area contributed by atoms with E-state index in [1.807, 2.05) is 7.05 Å². The highest BCUT2D eigenvalue weighted by Gasteiger charge is 2.20. The van der Waals surface area contributed by atoms with Crippen molar-refractivity contribution in [2.45, 2.75) is 39.5 Å². The van der Waals surface area contributed by atoms with Crippen molar-refractivity contribution in [3.05, 3.63) is 51.5 Å². The van der Waals surface area contributed by atoms with E-state index in [0.29, 0.717) is 0 Å². The van der Waals surface area contributed by atoms with Crippen molar-refractivity contribution in [1.82, 2.24) is 15.6 Å². The van der Waals surface area contributed by atoms with Crippen LogP contribution in [-0.4, -0.2) is 31.1 Å². The minimum Gasteiger partial charge on any atom is -0.356 e. The molecule has 2 aromatic rings. The van der Waals surface area contributed by atoms with Gasteiger partial charge in [-0.3, -0.25) is 4.99 Å². The van der Waals surface area contributed by atoms with E-state index in [-0.39, 0.29) is 29.4 Å². The maximum absolute atomic E-state index is 4.58. The van der Waals surface area contributed by atoms with Gasteiger partial charge in [-0.25, -0.2) is 4.98 Å². The third-order valence-electron chi connectivity index (χ3n) is 4.18. The lowest BCUT2D eigenvalue weighted by molar-refractivity contribution is 0.508. The summed E-state index contributed by atoms with van der Waals surface area (Å²) in [4.78, 5) is 10.2. The smallest absolute Gasteiger partial charge is 0.191 e. The van der Waals surface area contributed by atoms with Crippen LogP contribution in [0.2, 0.25) is 0 Å². The van der Waals surface area contributed by atoms with Gasteiger partial charge in [0.05, 0.1) is 10.7 Å². The monoisotopic (exact) mass is 472 g/mol. The number of nitrogens with zero attached hydrogens (tertiary/aromatic N) is 2. The first-order chi connectivity index (χ1) is 11.4. The van der Waals surface area contributed by atoms with Crippen molar-refractivity contribution in [3.63, 3.8) is 0 Å². The van der Waals surface area contributed by atoms with Gasteiger partial charge in [0, 0.05) is 36.9 Å². The minimum atomic E-state index is 0. The summed E-state index contributed by atoms with van der Waals surface area (Å²) in [5, 5.41) is 7.99. The Morgan fingerprint density at radius 1 is 1.16 bits per heavy atom. The second-order valence-electron chi connectivity index (χ2n) is 6.60. The van der Waals surface area contributed by atoms with Crippen molar-refractivity contribution in [1.29, 1.82) is 0 Å². The van der Waals surface area contributed by atoms with Gasteiger partial charge in [0.25, 0.3) is 0 Å². The van der Waals surface area contributed by atoms with Crippen LogP contribution in [0.4, 0.5) is 0 Å². The highest BCUT2D eigenvalue weighted by molar-refractivity contribution is 14.0. The summed E-state index contributed by atoms with van der Waals surface area (Å²) in [6, 6.07) is 10.6. The van der Waals surface area contributed by atoms with Gasteiger partial charge in [0.15, 0.2) is 5.96 Å². The number of aromatic nitrogens is 1. The van der Waals surface area contributed by atoms with E-state index in [0.717, 1.165) is 31.2 Å². The Balaban J connectivity index is 0.00000312. The van der Waals surface area contributed by atoms with E-state index in [1.165, 1.54) is 15.4 Å². The molecule has 0 saturated carbocycles. The topological polar surface area (TPSA) is 49.3 Å². The molecule has 2 N–H and O–H groups in total. The van der Waals surface area contributed by atoms with Crippen molar-refractivity contribution in [2.24, 2.45) is 4.99 Å². The predicted molar refractivity (Wildman–Crippen MR) is 120 cm³/mol. The number of halogens is 1. The number of hydrogen-bond acceptors (Lipinski definition) is 3. The van der Waals surface area contributed by atoms with Crippen molar-refractivity contribution in [3.8, 4) is 0 Å². The fourth-order valence-electron chi connectivity index (χ4n) is 2.45. The summed E-state index contributed by atoms with van der Waals surface area (Å²) >= 11 is 1.78. The molecule has 0 aliphatic rings. The summed E-state index contributed by atoms with van der Waals surface area (Å²) in [6.45, 7) is 10.3. The summed E-state index contributed by atoms with van der Waals surface area (Å²) in [7, 11) is 1.81. The third-order valence-corrected chi connectivity index (χ3v) is 5.31. The molecule has 0 atom stereocenters. The quantitative estimate of drug-likeness (QED) is 0.379. The molecule has 6 heteroatoms. The number of thiazole rings is 1. The van der Waals surface area contributed by atoms with Gasteiger partial charge in [0.1, 0.15) is 0 Å². The zero-order valence-electron chi connectivity index (χ0n) is 15.7. The normalized spacial score (nSPS) is 11.8. The van der Waals surface area contributed by atoms with Crippen LogP contribution in [0.1, 0.15) is 35.0 Å². The highest BCUT2D eigenvalue weighted by Crippen LogP contribution is 2.21. The summed E-state index contributed by atoms with van der Waals surface area (Å²) in [6.07, 6.45) is 0.919. The van der Waals surface area contributed by atoms with E-state index in [9.17, 15) is 0 Å². The van der Waals surface area contributed by atoms with E-state index in [1.54, 1.807) is 11.3 Å². The molecule has 2 rings (SSSR count). The first-order valence-electron chi connectivity index (χ1n) is 8.35. The predicted octanol–water partition coefficient (Wildman–Crippen LogP) is 4.06. The number of rotatable bonds is 6. The standard InChI is InChI=1S/C19H28N4S.HI/c1-14-15(2)24-17(23-14)11-12-21-18(20-5)22-13-19(3,4)16-9-7-6-8-10-16;/h6-10H,11-13H2,1-5H3,(H2,20,21,22);1H. The van der Waals surface area contributed by atoms with Crippen LogP contribution >= 0.6 is 35.3 Å². The Bertz CT molecular complexity index is 660. The number of guanidine groups is 1. The van der Waals surface area contributed by atoms with Crippen LogP contribution in [0.3, 0.4) is 0 Å². The van der Waals surface area contributed by atoms with Crippen LogP contribution in [0.5, 0.6) is 0 Å². The Morgan fingerprint density at radius 2 is 1.84 bits per heavy atom. The lowest BCUT2D eigenvalue weighted by Gasteiger charge is -2.26. The summed E-state index contributed by atoms with van der Waals surface area (Å²) < 4.78 is 0. The third kappa shape index (κ3) is 6.58. The molecule has 1 aromatic heterocycles. The molecule has 0 saturated heterocycles. The molecule has 0 radical (unpaired) electrons. The Morgan fingerprint density at radius 3 is 2.40 bits per heavy atom. The van der Waals surface area contributed by atoms with Crippen LogP contribution in [-0.2, 0) is 11.8 Å². The zero-order chi connectivity index (χ0) is 17.6. The van der Waals surface area contributed by atoms with Crippen molar-refractivity contribution < 1.29 is 0 Å². The average molecular weight is 472 g/mol. The van der Waals surface area contributed by atoms with Gasteiger partial charge >= 0.3 is 0 Å². The van der Waals surface area contributed by atoms with Gasteiger partial charge in [-0.15, -0.1) is 35.3 Å². The molecule has 0 spiro atoms. The molecular formula is C19H29IN4S. The van der Waals surface area contributed by atoms with Crippen LogP contribution in [0.25, 0.3) is 0 Å². The zero-order valence-corrected chi connectivity index (χ0v) is 18.9. The fraction of sp³-hybridized carbons (Fsp3) is 0.474. The molecule has 0 amide bonds. The molecule has 138 valence electrons. The first-order valence-corrected chi connectivity index (χ1v) is 9.17. The van der Waals surface area contributed by atoms with Gasteiger partial charge in [-0.1, -0.05) is 44.2 Å². The molecular weight excluding hydrogens is 443 g/mol. The molecule has 1 aromatic carbocycles. The van der Waals surface area contributed by atoms with Crippen molar-refractivity contribution in [2.75, 3.05) is 20.1 Å².